The molecule has 4 rings (SSSR count). The van der Waals surface area contributed by atoms with Gasteiger partial charge in [-0.05, 0) is 48.4 Å². The molecule has 0 radical (unpaired) electrons. The summed E-state index contributed by atoms with van der Waals surface area (Å²) in [5.41, 5.74) is 2.09. The Labute approximate surface area is 159 Å². The maximum Gasteiger partial charge on any atom is 0.417 e. The number of hydrogen-bond donors (Lipinski definition) is 1. The maximum atomic E-state index is 13.3. The molecule has 0 bridgehead atoms. The first-order valence-corrected chi connectivity index (χ1v) is 8.53. The van der Waals surface area contributed by atoms with Crippen LogP contribution in [0, 0.1) is 6.92 Å². The Hall–Kier alpha value is -3.48. The van der Waals surface area contributed by atoms with E-state index < -0.39 is 11.7 Å². The van der Waals surface area contributed by atoms with Crippen molar-refractivity contribution in [3.63, 3.8) is 0 Å². The summed E-state index contributed by atoms with van der Waals surface area (Å²) in [6.45, 7) is 1.89. The number of pyridine rings is 1. The van der Waals surface area contributed by atoms with Gasteiger partial charge in [0, 0.05) is 11.1 Å². The Morgan fingerprint density at radius 3 is 2.46 bits per heavy atom. The van der Waals surface area contributed by atoms with Gasteiger partial charge in [-0.25, -0.2) is 9.97 Å². The molecule has 0 spiro atoms. The number of halogens is 3. The van der Waals surface area contributed by atoms with E-state index in [-0.39, 0.29) is 5.56 Å². The fourth-order valence-electron chi connectivity index (χ4n) is 2.98. The van der Waals surface area contributed by atoms with Crippen molar-refractivity contribution < 1.29 is 13.2 Å². The van der Waals surface area contributed by atoms with Crippen LogP contribution in [-0.4, -0.2) is 15.0 Å². The predicted octanol–water partition coefficient (Wildman–Crippen LogP) is 5.76. The summed E-state index contributed by atoms with van der Waals surface area (Å²) < 4.78 is 40.0. The molecule has 0 fully saturated rings. The van der Waals surface area contributed by atoms with Crippen LogP contribution in [0.3, 0.4) is 0 Å². The van der Waals surface area contributed by atoms with Crippen molar-refractivity contribution >= 4 is 22.4 Å². The van der Waals surface area contributed by atoms with Crippen LogP contribution >= 0.6 is 0 Å². The highest BCUT2D eigenvalue weighted by Gasteiger charge is 2.33. The van der Waals surface area contributed by atoms with Crippen LogP contribution in [0.5, 0.6) is 0 Å². The van der Waals surface area contributed by atoms with Gasteiger partial charge < -0.3 is 5.32 Å². The molecule has 0 aliphatic heterocycles. The predicted molar refractivity (Wildman–Crippen MR) is 102 cm³/mol. The number of nitrogens with zero attached hydrogens (tertiary/aromatic N) is 3. The fourth-order valence-corrected chi connectivity index (χ4v) is 2.98. The van der Waals surface area contributed by atoms with Gasteiger partial charge in [0.1, 0.15) is 12.1 Å². The normalized spacial score (nSPS) is 11.6. The maximum absolute atomic E-state index is 13.3. The van der Waals surface area contributed by atoms with Gasteiger partial charge in [-0.1, -0.05) is 24.3 Å². The average molecular weight is 380 g/mol. The summed E-state index contributed by atoms with van der Waals surface area (Å²) >= 11 is 0. The second-order valence-corrected chi connectivity index (χ2v) is 6.31. The first-order chi connectivity index (χ1) is 13.4. The van der Waals surface area contributed by atoms with Crippen LogP contribution in [0.4, 0.5) is 24.7 Å². The summed E-state index contributed by atoms with van der Waals surface area (Å²) in [4.78, 5) is 12.7. The molecule has 7 heteroatoms. The molecule has 0 saturated heterocycles. The lowest BCUT2D eigenvalue weighted by atomic mass is 9.98. The number of alkyl halides is 3. The molecule has 28 heavy (non-hydrogen) atoms. The minimum atomic E-state index is -4.43. The lowest BCUT2D eigenvalue weighted by Gasteiger charge is -2.14. The van der Waals surface area contributed by atoms with E-state index in [1.807, 2.05) is 19.1 Å². The second-order valence-electron chi connectivity index (χ2n) is 6.31. The van der Waals surface area contributed by atoms with Gasteiger partial charge in [0.05, 0.1) is 23.0 Å². The lowest BCUT2D eigenvalue weighted by Crippen LogP contribution is -2.06. The topological polar surface area (TPSA) is 50.7 Å². The van der Waals surface area contributed by atoms with Gasteiger partial charge in [0.25, 0.3) is 0 Å². The third-order valence-corrected chi connectivity index (χ3v) is 4.35. The Bertz CT molecular complexity index is 1140. The highest BCUT2D eigenvalue weighted by molar-refractivity contribution is 5.93. The Morgan fingerprint density at radius 1 is 0.893 bits per heavy atom. The van der Waals surface area contributed by atoms with E-state index >= 15 is 0 Å². The molecule has 4 nitrogen and oxygen atoms in total. The number of nitrogens with one attached hydrogen (secondary N) is 1. The number of benzene rings is 2. The monoisotopic (exact) mass is 380 g/mol. The zero-order valence-corrected chi connectivity index (χ0v) is 14.8. The van der Waals surface area contributed by atoms with Gasteiger partial charge in [0.2, 0.25) is 0 Å². The zero-order valence-electron chi connectivity index (χ0n) is 14.8. The second kappa shape index (κ2) is 6.92. The number of anilines is 2. The van der Waals surface area contributed by atoms with E-state index in [2.05, 4.69) is 20.3 Å². The van der Waals surface area contributed by atoms with Gasteiger partial charge in [-0.2, -0.15) is 13.2 Å². The van der Waals surface area contributed by atoms with Crippen LogP contribution in [0.2, 0.25) is 0 Å². The van der Waals surface area contributed by atoms with E-state index in [1.54, 1.807) is 30.5 Å². The van der Waals surface area contributed by atoms with Gasteiger partial charge in [-0.3, -0.25) is 4.98 Å². The molecule has 2 aromatic heterocycles. The molecule has 0 atom stereocenters. The molecule has 2 aromatic carbocycles. The van der Waals surface area contributed by atoms with Crippen LogP contribution < -0.4 is 5.32 Å². The van der Waals surface area contributed by atoms with Crippen LogP contribution in [0.25, 0.3) is 22.0 Å². The number of hydrogen-bond acceptors (Lipinski definition) is 4. The van der Waals surface area contributed by atoms with Gasteiger partial charge in [0.15, 0.2) is 0 Å². The fraction of sp³-hybridized carbons (Fsp3) is 0.0952. The van der Waals surface area contributed by atoms with E-state index in [0.717, 1.165) is 17.4 Å². The Kier molecular flexibility index (Phi) is 4.43. The highest BCUT2D eigenvalue weighted by atomic mass is 19.4. The van der Waals surface area contributed by atoms with Crippen molar-refractivity contribution in [1.29, 1.82) is 0 Å². The molecule has 140 valence electrons. The number of fused-ring (bicyclic) bond motifs is 1. The van der Waals surface area contributed by atoms with Crippen molar-refractivity contribution in [2.75, 3.05) is 5.32 Å². The van der Waals surface area contributed by atoms with Crippen molar-refractivity contribution in [3.8, 4) is 11.1 Å². The average Bonchev–Trinajstić information content (AvgIpc) is 2.69. The molecular weight excluding hydrogens is 365 g/mol. The molecule has 0 unspecified atom stereocenters. The Morgan fingerprint density at radius 2 is 1.71 bits per heavy atom. The molecule has 4 aromatic rings. The molecule has 0 amide bonds. The highest BCUT2D eigenvalue weighted by Crippen LogP contribution is 2.38. The summed E-state index contributed by atoms with van der Waals surface area (Å²) in [5, 5.41) is 3.88. The van der Waals surface area contributed by atoms with Crippen LogP contribution in [0.15, 0.2) is 67.1 Å². The molecule has 0 aliphatic rings. The van der Waals surface area contributed by atoms with E-state index in [9.17, 15) is 13.2 Å². The molecule has 0 aliphatic carbocycles. The van der Waals surface area contributed by atoms with Crippen molar-refractivity contribution in [3.05, 3.63) is 78.4 Å². The third-order valence-electron chi connectivity index (χ3n) is 4.35. The van der Waals surface area contributed by atoms with Crippen molar-refractivity contribution in [1.82, 2.24) is 15.0 Å². The first-order valence-electron chi connectivity index (χ1n) is 8.53. The van der Waals surface area contributed by atoms with Crippen LogP contribution in [-0.2, 0) is 6.18 Å². The third kappa shape index (κ3) is 3.51. The minimum absolute atomic E-state index is 0.118. The summed E-state index contributed by atoms with van der Waals surface area (Å²) in [6.07, 6.45) is -1.36. The summed E-state index contributed by atoms with van der Waals surface area (Å²) in [6, 6.07) is 14.3. The zero-order chi connectivity index (χ0) is 19.7. The molecule has 1 N–H and O–H groups in total. The van der Waals surface area contributed by atoms with Gasteiger partial charge >= 0.3 is 6.18 Å². The quantitative estimate of drug-likeness (QED) is 0.491. The van der Waals surface area contributed by atoms with E-state index in [1.165, 1.54) is 18.5 Å². The standard InChI is InChI=1S/C21H15F3N4/c1-13-6-8-15(11-25-13)28-20-17-9-7-14(10-19(17)26-12-27-20)16-4-2-3-5-18(16)21(22,23)24/h2-12H,1H3,(H,26,27,28). The molecule has 0 saturated carbocycles. The van der Waals surface area contributed by atoms with Crippen LogP contribution in [0.1, 0.15) is 11.3 Å². The van der Waals surface area contributed by atoms with Crippen molar-refractivity contribution in [2.24, 2.45) is 0 Å². The molecular formula is C21H15F3N4. The van der Waals surface area contributed by atoms with E-state index in [0.29, 0.717) is 22.3 Å². The largest absolute Gasteiger partial charge is 0.417 e. The molecule has 2 heterocycles. The van der Waals surface area contributed by atoms with Gasteiger partial charge in [-0.15, -0.1) is 0 Å². The van der Waals surface area contributed by atoms with E-state index in [4.69, 9.17) is 0 Å². The summed E-state index contributed by atoms with van der Waals surface area (Å²) in [5.74, 6) is 0.561. The van der Waals surface area contributed by atoms with Crippen molar-refractivity contribution in [2.45, 2.75) is 13.1 Å². The SMILES string of the molecule is Cc1ccc(Nc2ncnc3cc(-c4ccccc4C(F)(F)F)ccc23)cn1. The Balaban J connectivity index is 1.77. The summed E-state index contributed by atoms with van der Waals surface area (Å²) in [7, 11) is 0. The number of aryl methyl sites for hydroxylation is 1. The number of rotatable bonds is 3. The lowest BCUT2D eigenvalue weighted by molar-refractivity contribution is -0.137. The number of aromatic nitrogens is 3. The first kappa shape index (κ1) is 17.9. The smallest absolute Gasteiger partial charge is 0.338 e. The minimum Gasteiger partial charge on any atom is -0.338 e.